The van der Waals surface area contributed by atoms with E-state index in [4.69, 9.17) is 4.74 Å². The van der Waals surface area contributed by atoms with Crippen LogP contribution in [0.1, 0.15) is 51.4 Å². The van der Waals surface area contributed by atoms with Crippen molar-refractivity contribution in [3.05, 3.63) is 0 Å². The molecule has 1 saturated carbocycles. The third kappa shape index (κ3) is 3.58. The Morgan fingerprint density at radius 1 is 1.24 bits per heavy atom. The van der Waals surface area contributed by atoms with Gasteiger partial charge in [-0.2, -0.15) is 0 Å². The zero-order chi connectivity index (χ0) is 14.7. The second kappa shape index (κ2) is 6.63. The van der Waals surface area contributed by atoms with Crippen LogP contribution in [0, 0.1) is 0 Å². The Morgan fingerprint density at radius 2 is 2.00 bits per heavy atom. The Morgan fingerprint density at radius 3 is 2.71 bits per heavy atom. The highest BCUT2D eigenvalue weighted by Crippen LogP contribution is 2.29. The Kier molecular flexibility index (Phi) is 4.82. The lowest BCUT2D eigenvalue weighted by Gasteiger charge is -2.39. The zero-order valence-corrected chi connectivity index (χ0v) is 12.9. The minimum absolute atomic E-state index is 0.00720. The summed E-state index contributed by atoms with van der Waals surface area (Å²) in [6.45, 7) is 2.30. The molecule has 3 fully saturated rings. The van der Waals surface area contributed by atoms with Gasteiger partial charge in [0.25, 0.3) is 0 Å². The quantitative estimate of drug-likeness (QED) is 0.814. The highest BCUT2D eigenvalue weighted by atomic mass is 16.5. The van der Waals surface area contributed by atoms with Gasteiger partial charge in [-0.3, -0.25) is 9.69 Å². The molecular weight excluding hydrogens is 268 g/mol. The fourth-order valence-corrected chi connectivity index (χ4v) is 4.01. The SMILES string of the molecule is O=C(NC[C@]1(O)CCOC1)[C@@H]1CCCCN1C1CCCC1. The van der Waals surface area contributed by atoms with Gasteiger partial charge in [0.1, 0.15) is 5.60 Å². The van der Waals surface area contributed by atoms with Gasteiger partial charge in [0, 0.05) is 25.6 Å². The number of hydrogen-bond acceptors (Lipinski definition) is 4. The molecule has 0 spiro atoms. The highest BCUT2D eigenvalue weighted by molar-refractivity contribution is 5.82. The molecule has 2 atom stereocenters. The van der Waals surface area contributed by atoms with Crippen LogP contribution in [0.5, 0.6) is 0 Å². The van der Waals surface area contributed by atoms with E-state index in [1.54, 1.807) is 0 Å². The first-order valence-corrected chi connectivity index (χ1v) is 8.52. The zero-order valence-electron chi connectivity index (χ0n) is 12.9. The van der Waals surface area contributed by atoms with E-state index in [1.807, 2.05) is 0 Å². The Balaban J connectivity index is 1.56. The van der Waals surface area contributed by atoms with Crippen molar-refractivity contribution < 1.29 is 14.6 Å². The number of amides is 1. The molecule has 0 aromatic carbocycles. The molecule has 2 N–H and O–H groups in total. The van der Waals surface area contributed by atoms with E-state index in [0.717, 1.165) is 19.4 Å². The van der Waals surface area contributed by atoms with Gasteiger partial charge in [0.15, 0.2) is 0 Å². The molecule has 0 aromatic rings. The molecule has 2 heterocycles. The molecule has 3 aliphatic rings. The molecule has 120 valence electrons. The molecule has 0 radical (unpaired) electrons. The van der Waals surface area contributed by atoms with Gasteiger partial charge in [0.05, 0.1) is 12.6 Å². The third-order valence-corrected chi connectivity index (χ3v) is 5.31. The number of carbonyl (C=O) groups is 1. The summed E-state index contributed by atoms with van der Waals surface area (Å²) in [6, 6.07) is 0.603. The second-order valence-corrected chi connectivity index (χ2v) is 6.93. The molecule has 3 rings (SSSR count). The van der Waals surface area contributed by atoms with Crippen molar-refractivity contribution in [1.29, 1.82) is 0 Å². The summed E-state index contributed by atoms with van der Waals surface area (Å²) in [5.74, 6) is 0.0990. The molecule has 2 aliphatic heterocycles. The van der Waals surface area contributed by atoms with Crippen LogP contribution >= 0.6 is 0 Å². The maximum absolute atomic E-state index is 12.6. The molecule has 1 amide bonds. The van der Waals surface area contributed by atoms with E-state index in [0.29, 0.717) is 32.2 Å². The van der Waals surface area contributed by atoms with Crippen LogP contribution in [0.15, 0.2) is 0 Å². The van der Waals surface area contributed by atoms with Crippen LogP contribution in [0.4, 0.5) is 0 Å². The van der Waals surface area contributed by atoms with Crippen molar-refractivity contribution in [1.82, 2.24) is 10.2 Å². The maximum Gasteiger partial charge on any atom is 0.237 e. The van der Waals surface area contributed by atoms with Crippen LogP contribution in [0.2, 0.25) is 0 Å². The summed E-state index contributed by atoms with van der Waals surface area (Å²) in [5.41, 5.74) is -0.859. The summed E-state index contributed by atoms with van der Waals surface area (Å²) < 4.78 is 5.23. The van der Waals surface area contributed by atoms with E-state index < -0.39 is 5.60 Å². The van der Waals surface area contributed by atoms with Crippen LogP contribution in [0.3, 0.4) is 0 Å². The van der Waals surface area contributed by atoms with Crippen molar-refractivity contribution in [2.45, 2.75) is 69.1 Å². The smallest absolute Gasteiger partial charge is 0.237 e. The first kappa shape index (κ1) is 15.3. The van der Waals surface area contributed by atoms with Crippen molar-refractivity contribution in [3.63, 3.8) is 0 Å². The molecule has 1 aliphatic carbocycles. The summed E-state index contributed by atoms with van der Waals surface area (Å²) >= 11 is 0. The van der Waals surface area contributed by atoms with Gasteiger partial charge >= 0.3 is 0 Å². The number of ether oxygens (including phenoxy) is 1. The maximum atomic E-state index is 12.6. The number of rotatable bonds is 4. The number of likely N-dealkylation sites (tertiary alicyclic amines) is 1. The summed E-state index contributed by atoms with van der Waals surface area (Å²) in [6.07, 6.45) is 8.98. The summed E-state index contributed by atoms with van der Waals surface area (Å²) in [7, 11) is 0. The fourth-order valence-electron chi connectivity index (χ4n) is 4.01. The normalized spacial score (nSPS) is 35.2. The standard InChI is InChI=1S/C16H28N2O3/c19-15(17-11-16(20)8-10-21-12-16)14-7-3-4-9-18(14)13-5-1-2-6-13/h13-14,20H,1-12H2,(H,17,19)/t14-,16+/m0/s1. The minimum atomic E-state index is -0.859. The van der Waals surface area contributed by atoms with E-state index in [1.165, 1.54) is 32.1 Å². The predicted molar refractivity (Wildman–Crippen MR) is 80.0 cm³/mol. The number of hydrogen-bond donors (Lipinski definition) is 2. The number of carbonyl (C=O) groups excluding carboxylic acids is 1. The van der Waals surface area contributed by atoms with E-state index in [9.17, 15) is 9.90 Å². The van der Waals surface area contributed by atoms with Crippen molar-refractivity contribution in [3.8, 4) is 0 Å². The Bertz CT molecular complexity index is 363. The monoisotopic (exact) mass is 296 g/mol. The number of aliphatic hydroxyl groups is 1. The van der Waals surface area contributed by atoms with Crippen LogP contribution in [0.25, 0.3) is 0 Å². The number of nitrogens with zero attached hydrogens (tertiary/aromatic N) is 1. The fraction of sp³-hybridized carbons (Fsp3) is 0.938. The molecule has 21 heavy (non-hydrogen) atoms. The molecule has 5 heteroatoms. The van der Waals surface area contributed by atoms with Crippen LogP contribution in [-0.2, 0) is 9.53 Å². The summed E-state index contributed by atoms with van der Waals surface area (Å²) in [5, 5.41) is 13.2. The van der Waals surface area contributed by atoms with E-state index >= 15 is 0 Å². The highest BCUT2D eigenvalue weighted by Gasteiger charge is 2.37. The molecule has 0 unspecified atom stereocenters. The largest absolute Gasteiger partial charge is 0.386 e. The number of nitrogens with one attached hydrogen (secondary N) is 1. The minimum Gasteiger partial charge on any atom is -0.386 e. The molecule has 0 bridgehead atoms. The van der Waals surface area contributed by atoms with Gasteiger partial charge in [-0.1, -0.05) is 19.3 Å². The topological polar surface area (TPSA) is 61.8 Å². The van der Waals surface area contributed by atoms with E-state index in [-0.39, 0.29) is 11.9 Å². The van der Waals surface area contributed by atoms with Crippen molar-refractivity contribution in [2.75, 3.05) is 26.3 Å². The van der Waals surface area contributed by atoms with Gasteiger partial charge in [-0.05, 0) is 32.2 Å². The van der Waals surface area contributed by atoms with E-state index in [2.05, 4.69) is 10.2 Å². The Hall–Kier alpha value is -0.650. The van der Waals surface area contributed by atoms with Gasteiger partial charge in [-0.25, -0.2) is 0 Å². The lowest BCUT2D eigenvalue weighted by molar-refractivity contribution is -0.130. The van der Waals surface area contributed by atoms with Crippen molar-refractivity contribution >= 4 is 5.91 Å². The predicted octanol–water partition coefficient (Wildman–Crippen LogP) is 1.05. The van der Waals surface area contributed by atoms with Gasteiger partial charge in [-0.15, -0.1) is 0 Å². The molecule has 5 nitrogen and oxygen atoms in total. The first-order chi connectivity index (χ1) is 10.2. The van der Waals surface area contributed by atoms with Gasteiger partial charge in [0.2, 0.25) is 5.91 Å². The average molecular weight is 296 g/mol. The molecule has 2 saturated heterocycles. The van der Waals surface area contributed by atoms with Crippen LogP contribution in [-0.4, -0.2) is 59.9 Å². The second-order valence-electron chi connectivity index (χ2n) is 6.93. The molecular formula is C16H28N2O3. The Labute approximate surface area is 127 Å². The van der Waals surface area contributed by atoms with Crippen LogP contribution < -0.4 is 5.32 Å². The lowest BCUT2D eigenvalue weighted by atomic mass is 9.97. The van der Waals surface area contributed by atoms with Crippen molar-refractivity contribution in [2.24, 2.45) is 0 Å². The third-order valence-electron chi connectivity index (χ3n) is 5.31. The first-order valence-electron chi connectivity index (χ1n) is 8.52. The number of piperidine rings is 1. The van der Waals surface area contributed by atoms with Gasteiger partial charge < -0.3 is 15.2 Å². The lowest BCUT2D eigenvalue weighted by Crippen LogP contribution is -2.55. The summed E-state index contributed by atoms with van der Waals surface area (Å²) in [4.78, 5) is 15.0. The molecule has 0 aromatic heterocycles. The average Bonchev–Trinajstić information content (AvgIpc) is 3.17.